The van der Waals surface area contributed by atoms with Crippen LogP contribution in [-0.4, -0.2) is 41.0 Å². The monoisotopic (exact) mass is 524 g/mol. The number of carbonyl (C=O) groups excluding carboxylic acids is 1. The molecule has 0 atom stereocenters. The summed E-state index contributed by atoms with van der Waals surface area (Å²) >= 11 is 0. The summed E-state index contributed by atoms with van der Waals surface area (Å²) in [5.74, 6) is -0.906. The van der Waals surface area contributed by atoms with E-state index >= 15 is 4.39 Å². The number of anilines is 1. The zero-order valence-corrected chi connectivity index (χ0v) is 21.2. The average molecular weight is 525 g/mol. The van der Waals surface area contributed by atoms with Crippen molar-refractivity contribution in [3.63, 3.8) is 0 Å². The van der Waals surface area contributed by atoms with E-state index in [2.05, 4.69) is 40.4 Å². The van der Waals surface area contributed by atoms with Gasteiger partial charge in [-0.3, -0.25) is 19.9 Å². The summed E-state index contributed by atoms with van der Waals surface area (Å²) in [6, 6.07) is 9.56. The van der Waals surface area contributed by atoms with Gasteiger partial charge in [-0.2, -0.15) is 5.10 Å². The first kappa shape index (κ1) is 24.3. The minimum Gasteiger partial charge on any atom is -0.335 e. The summed E-state index contributed by atoms with van der Waals surface area (Å²) in [5.41, 5.74) is 3.13. The van der Waals surface area contributed by atoms with Crippen LogP contribution in [0, 0.1) is 17.0 Å². The number of imidazole rings is 1. The molecule has 0 aliphatic rings. The van der Waals surface area contributed by atoms with Gasteiger partial charge in [0.25, 0.3) is 0 Å². The molecular weight excluding hydrogens is 502 g/mol. The van der Waals surface area contributed by atoms with E-state index in [0.29, 0.717) is 39.1 Å². The fraction of sp³-hybridized carbons (Fsp3) is 0.143. The Morgan fingerprint density at radius 2 is 1.82 bits per heavy atom. The quantitative estimate of drug-likeness (QED) is 0.264. The Labute approximate surface area is 220 Å². The highest BCUT2D eigenvalue weighted by molar-refractivity contribution is 5.98. The van der Waals surface area contributed by atoms with Gasteiger partial charge in [0, 0.05) is 28.9 Å². The van der Waals surface area contributed by atoms with Crippen molar-refractivity contribution < 1.29 is 13.6 Å². The number of halogens is 2. The normalized spacial score (nSPS) is 11.8. The highest BCUT2D eigenvalue weighted by Gasteiger charge is 2.23. The molecule has 39 heavy (non-hydrogen) atoms. The van der Waals surface area contributed by atoms with Crippen LogP contribution in [0.3, 0.4) is 0 Å². The van der Waals surface area contributed by atoms with E-state index in [-0.39, 0.29) is 34.3 Å². The maximum atomic E-state index is 16.0. The van der Waals surface area contributed by atoms with Crippen LogP contribution in [0.4, 0.5) is 14.5 Å². The fourth-order valence-electron chi connectivity index (χ4n) is 4.22. The Morgan fingerprint density at radius 1 is 0.974 bits per heavy atom. The summed E-state index contributed by atoms with van der Waals surface area (Å²) < 4.78 is 29.9. The Kier molecular flexibility index (Phi) is 5.63. The minimum atomic E-state index is -0.629. The van der Waals surface area contributed by atoms with Gasteiger partial charge in [0.1, 0.15) is 17.2 Å². The molecule has 6 aromatic rings. The smallest absolute Gasteiger partial charge is 0.229 e. The van der Waals surface area contributed by atoms with Gasteiger partial charge in [0.05, 0.1) is 34.5 Å². The second kappa shape index (κ2) is 9.05. The predicted molar refractivity (Wildman–Crippen MR) is 143 cm³/mol. The van der Waals surface area contributed by atoms with Crippen molar-refractivity contribution in [2.45, 2.75) is 20.8 Å². The molecule has 1 aromatic carbocycles. The van der Waals surface area contributed by atoms with Gasteiger partial charge < -0.3 is 10.3 Å². The molecule has 0 aliphatic heterocycles. The van der Waals surface area contributed by atoms with E-state index in [1.54, 1.807) is 51.2 Å². The number of benzene rings is 1. The number of fused-ring (bicyclic) bond motifs is 2. The van der Waals surface area contributed by atoms with Crippen LogP contribution >= 0.6 is 0 Å². The van der Waals surface area contributed by atoms with E-state index in [1.165, 1.54) is 30.7 Å². The van der Waals surface area contributed by atoms with Gasteiger partial charge in [-0.15, -0.1) is 0 Å². The summed E-state index contributed by atoms with van der Waals surface area (Å²) in [4.78, 5) is 32.9. The first-order valence-corrected chi connectivity index (χ1v) is 12.1. The van der Waals surface area contributed by atoms with Crippen LogP contribution in [0.2, 0.25) is 0 Å². The Morgan fingerprint density at radius 3 is 2.62 bits per heavy atom. The van der Waals surface area contributed by atoms with Gasteiger partial charge in [0.15, 0.2) is 17.3 Å². The molecule has 0 saturated carbocycles. The SMILES string of the molecule is CC(C)(C)C(=O)Nc1cncc(-c2ncc3[nH]nc(-c4nc5nccc(-c6cccc(F)c6)c5[nH]4)c3c2F)c1. The number of nitrogens with one attached hydrogen (secondary N) is 3. The molecule has 0 fully saturated rings. The third-order valence-electron chi connectivity index (χ3n) is 6.25. The molecular formula is C28H22F2N8O. The number of pyridine rings is 3. The second-order valence-electron chi connectivity index (χ2n) is 10.1. The largest absolute Gasteiger partial charge is 0.335 e. The molecule has 0 unspecified atom stereocenters. The number of aromatic nitrogens is 7. The number of rotatable bonds is 4. The van der Waals surface area contributed by atoms with Gasteiger partial charge >= 0.3 is 0 Å². The molecule has 9 nitrogen and oxygen atoms in total. The van der Waals surface area contributed by atoms with Gasteiger partial charge in [-0.05, 0) is 29.8 Å². The lowest BCUT2D eigenvalue weighted by Gasteiger charge is -2.17. The van der Waals surface area contributed by atoms with E-state index < -0.39 is 11.2 Å². The maximum Gasteiger partial charge on any atom is 0.229 e. The Bertz CT molecular complexity index is 1890. The van der Waals surface area contributed by atoms with Crippen molar-refractivity contribution in [2.75, 3.05) is 5.32 Å². The number of hydrogen-bond donors (Lipinski definition) is 3. The first-order chi connectivity index (χ1) is 18.7. The van der Waals surface area contributed by atoms with Crippen molar-refractivity contribution in [1.29, 1.82) is 0 Å². The molecule has 6 rings (SSSR count). The lowest BCUT2D eigenvalue weighted by molar-refractivity contribution is -0.123. The molecule has 3 N–H and O–H groups in total. The zero-order valence-electron chi connectivity index (χ0n) is 21.2. The molecule has 11 heteroatoms. The predicted octanol–water partition coefficient (Wildman–Crippen LogP) is 5.89. The number of hydrogen-bond acceptors (Lipinski definition) is 6. The number of amides is 1. The van der Waals surface area contributed by atoms with E-state index in [4.69, 9.17) is 0 Å². The standard InChI is InChI=1S/C28H22F2N8O/c1-28(2,3)27(39)34-17-10-15(11-31-12-17)22-21(30)20-19(13-33-22)37-38-24(20)26-35-23-18(7-8-32-25(23)36-26)14-5-4-6-16(29)9-14/h4-13H,1-3H3,(H,34,39)(H,37,38)(H,32,35,36). The first-order valence-electron chi connectivity index (χ1n) is 12.1. The summed E-state index contributed by atoms with van der Waals surface area (Å²) in [6.45, 7) is 5.39. The van der Waals surface area contributed by atoms with Crippen molar-refractivity contribution in [1.82, 2.24) is 35.1 Å². The molecule has 0 saturated heterocycles. The molecule has 0 aliphatic carbocycles. The van der Waals surface area contributed by atoms with Crippen molar-refractivity contribution in [3.05, 3.63) is 72.8 Å². The Hall–Kier alpha value is -5.06. The third kappa shape index (κ3) is 4.37. The fourth-order valence-corrected chi connectivity index (χ4v) is 4.22. The van der Waals surface area contributed by atoms with E-state index in [0.717, 1.165) is 0 Å². The maximum absolute atomic E-state index is 16.0. The van der Waals surface area contributed by atoms with Crippen LogP contribution in [0.25, 0.3) is 56.0 Å². The van der Waals surface area contributed by atoms with E-state index in [9.17, 15) is 9.18 Å². The lowest BCUT2D eigenvalue weighted by atomic mass is 9.95. The van der Waals surface area contributed by atoms with Gasteiger partial charge in [-0.1, -0.05) is 32.9 Å². The number of carbonyl (C=O) groups is 1. The molecule has 0 spiro atoms. The number of H-pyrrole nitrogens is 2. The number of aromatic amines is 2. The summed E-state index contributed by atoms with van der Waals surface area (Å²) in [7, 11) is 0. The van der Waals surface area contributed by atoms with Crippen LogP contribution in [0.1, 0.15) is 20.8 Å². The number of nitrogens with zero attached hydrogens (tertiary/aromatic N) is 5. The van der Waals surface area contributed by atoms with Crippen LogP contribution in [0.5, 0.6) is 0 Å². The third-order valence-corrected chi connectivity index (χ3v) is 6.25. The topological polar surface area (TPSA) is 125 Å². The van der Waals surface area contributed by atoms with Crippen molar-refractivity contribution in [2.24, 2.45) is 5.41 Å². The summed E-state index contributed by atoms with van der Waals surface area (Å²) in [6.07, 6.45) is 6.02. The molecule has 5 heterocycles. The molecule has 5 aromatic heterocycles. The van der Waals surface area contributed by atoms with Crippen molar-refractivity contribution in [3.8, 4) is 33.9 Å². The molecule has 0 radical (unpaired) electrons. The molecule has 194 valence electrons. The molecule has 1 amide bonds. The minimum absolute atomic E-state index is 0.0409. The van der Waals surface area contributed by atoms with Crippen LogP contribution in [0.15, 0.2) is 61.2 Å². The highest BCUT2D eigenvalue weighted by Crippen LogP contribution is 2.34. The van der Waals surface area contributed by atoms with Crippen molar-refractivity contribution >= 4 is 33.7 Å². The summed E-state index contributed by atoms with van der Waals surface area (Å²) in [5, 5.41) is 10.1. The van der Waals surface area contributed by atoms with Crippen LogP contribution in [-0.2, 0) is 4.79 Å². The zero-order chi connectivity index (χ0) is 27.3. The molecule has 0 bridgehead atoms. The highest BCUT2D eigenvalue weighted by atomic mass is 19.1. The van der Waals surface area contributed by atoms with E-state index in [1.807, 2.05) is 0 Å². The van der Waals surface area contributed by atoms with Gasteiger partial charge in [0.2, 0.25) is 5.91 Å². The Balaban J connectivity index is 1.44. The lowest BCUT2D eigenvalue weighted by Crippen LogP contribution is -2.27. The second-order valence-corrected chi connectivity index (χ2v) is 10.1. The van der Waals surface area contributed by atoms with Crippen LogP contribution < -0.4 is 5.32 Å². The average Bonchev–Trinajstić information content (AvgIpc) is 3.53. The van der Waals surface area contributed by atoms with Gasteiger partial charge in [-0.25, -0.2) is 18.7 Å².